The van der Waals surface area contributed by atoms with Gasteiger partial charge in [-0.05, 0) is 55.8 Å². The van der Waals surface area contributed by atoms with Crippen molar-refractivity contribution in [3.05, 3.63) is 24.3 Å². The van der Waals surface area contributed by atoms with Crippen LogP contribution < -0.4 is 0 Å². The van der Waals surface area contributed by atoms with Crippen LogP contribution in [0.5, 0.6) is 0 Å². The number of rotatable bonds is 3. The van der Waals surface area contributed by atoms with Crippen molar-refractivity contribution in [3.63, 3.8) is 0 Å². The Balaban J connectivity index is 1.56. The van der Waals surface area contributed by atoms with Crippen LogP contribution in [0.1, 0.15) is 32.1 Å². The summed E-state index contributed by atoms with van der Waals surface area (Å²) >= 11 is 0. The minimum absolute atomic E-state index is 0.0402. The van der Waals surface area contributed by atoms with Crippen LogP contribution >= 0.6 is 0 Å². The maximum absolute atomic E-state index is 11.6. The van der Waals surface area contributed by atoms with Gasteiger partial charge >= 0.3 is 11.9 Å². The molecule has 0 spiro atoms. The number of hydrogen-bond acceptors (Lipinski definition) is 3. The van der Waals surface area contributed by atoms with Gasteiger partial charge < -0.3 is 9.84 Å². The van der Waals surface area contributed by atoms with Gasteiger partial charge in [-0.3, -0.25) is 0 Å². The average Bonchev–Trinajstić information content (AvgIpc) is 2.97. The van der Waals surface area contributed by atoms with Crippen molar-refractivity contribution in [1.29, 1.82) is 0 Å². The van der Waals surface area contributed by atoms with Crippen LogP contribution in [0.2, 0.25) is 0 Å². The van der Waals surface area contributed by atoms with Gasteiger partial charge in [-0.1, -0.05) is 12.2 Å². The topological polar surface area (TPSA) is 63.6 Å². The van der Waals surface area contributed by atoms with E-state index in [9.17, 15) is 9.59 Å². The highest BCUT2D eigenvalue weighted by atomic mass is 16.5. The van der Waals surface area contributed by atoms with Gasteiger partial charge in [-0.2, -0.15) is 0 Å². The zero-order valence-electron chi connectivity index (χ0n) is 11.4. The largest absolute Gasteiger partial charge is 0.478 e. The number of aliphatic carboxylic acids is 1. The summed E-state index contributed by atoms with van der Waals surface area (Å²) in [6.07, 6.45) is 11.9. The van der Waals surface area contributed by atoms with Gasteiger partial charge in [0.1, 0.15) is 6.10 Å². The molecule has 3 rings (SSSR count). The first-order valence-corrected chi connectivity index (χ1v) is 7.42. The molecule has 0 aliphatic heterocycles. The summed E-state index contributed by atoms with van der Waals surface area (Å²) in [4.78, 5) is 21.9. The van der Waals surface area contributed by atoms with Crippen molar-refractivity contribution in [2.45, 2.75) is 38.2 Å². The maximum atomic E-state index is 11.6. The van der Waals surface area contributed by atoms with E-state index < -0.39 is 11.9 Å². The lowest BCUT2D eigenvalue weighted by Crippen LogP contribution is -2.30. The Kier molecular flexibility index (Phi) is 3.64. The van der Waals surface area contributed by atoms with E-state index >= 15 is 0 Å². The van der Waals surface area contributed by atoms with E-state index in [2.05, 4.69) is 12.2 Å². The van der Waals surface area contributed by atoms with E-state index in [0.29, 0.717) is 5.92 Å². The molecule has 0 bridgehead atoms. The van der Waals surface area contributed by atoms with E-state index in [1.807, 2.05) is 0 Å². The van der Waals surface area contributed by atoms with Crippen LogP contribution in [0.25, 0.3) is 0 Å². The van der Waals surface area contributed by atoms with Crippen LogP contribution in [0.3, 0.4) is 0 Å². The van der Waals surface area contributed by atoms with Gasteiger partial charge in [0.05, 0.1) is 0 Å². The molecule has 3 aliphatic rings. The minimum Gasteiger partial charge on any atom is -0.478 e. The van der Waals surface area contributed by atoms with Crippen molar-refractivity contribution in [2.24, 2.45) is 23.7 Å². The minimum atomic E-state index is -1.12. The number of ether oxygens (including phenoxy) is 1. The molecular formula is C16H20O4. The predicted octanol–water partition coefficient (Wildman–Crippen LogP) is 2.55. The van der Waals surface area contributed by atoms with E-state index in [0.717, 1.165) is 49.2 Å². The lowest BCUT2D eigenvalue weighted by molar-refractivity contribution is -0.146. The molecule has 108 valence electrons. The number of carboxylic acid groups (broad SMARTS) is 1. The van der Waals surface area contributed by atoms with E-state index in [1.54, 1.807) is 0 Å². The molecule has 0 radical (unpaired) electrons. The molecule has 4 unspecified atom stereocenters. The van der Waals surface area contributed by atoms with Crippen LogP contribution in [-0.4, -0.2) is 23.1 Å². The molecule has 0 heterocycles. The average molecular weight is 276 g/mol. The normalized spacial score (nSPS) is 38.7. The molecule has 20 heavy (non-hydrogen) atoms. The van der Waals surface area contributed by atoms with Crippen molar-refractivity contribution in [1.82, 2.24) is 0 Å². The Labute approximate surface area is 118 Å². The number of carbonyl (C=O) groups excluding carboxylic acids is 1. The van der Waals surface area contributed by atoms with E-state index in [-0.39, 0.29) is 6.10 Å². The fourth-order valence-corrected chi connectivity index (χ4v) is 4.32. The molecule has 0 aromatic carbocycles. The van der Waals surface area contributed by atoms with Gasteiger partial charge in [-0.15, -0.1) is 0 Å². The van der Waals surface area contributed by atoms with Gasteiger partial charge in [-0.25, -0.2) is 9.59 Å². The second kappa shape index (κ2) is 5.43. The smallest absolute Gasteiger partial charge is 0.331 e. The van der Waals surface area contributed by atoms with Crippen LogP contribution in [-0.2, 0) is 14.3 Å². The Morgan fingerprint density at radius 2 is 2.00 bits per heavy atom. The first kappa shape index (κ1) is 13.4. The molecule has 1 N–H and O–H groups in total. The Hall–Kier alpha value is -1.58. The Bertz CT molecular complexity index is 465. The van der Waals surface area contributed by atoms with E-state index in [4.69, 9.17) is 9.84 Å². The summed E-state index contributed by atoms with van der Waals surface area (Å²) in [6.45, 7) is 0. The van der Waals surface area contributed by atoms with Gasteiger partial charge in [0.2, 0.25) is 0 Å². The molecule has 0 saturated heterocycles. The molecule has 3 aliphatic carbocycles. The first-order chi connectivity index (χ1) is 9.63. The summed E-state index contributed by atoms with van der Waals surface area (Å²) in [5, 5.41) is 8.49. The molecular weight excluding hydrogens is 256 g/mol. The van der Waals surface area contributed by atoms with Crippen molar-refractivity contribution in [3.8, 4) is 0 Å². The predicted molar refractivity (Wildman–Crippen MR) is 72.8 cm³/mol. The van der Waals surface area contributed by atoms with E-state index in [1.165, 1.54) is 12.8 Å². The highest BCUT2D eigenvalue weighted by molar-refractivity contribution is 5.90. The number of fused-ring (bicyclic) bond motifs is 3. The highest BCUT2D eigenvalue weighted by Crippen LogP contribution is 2.53. The van der Waals surface area contributed by atoms with Crippen molar-refractivity contribution < 1.29 is 19.4 Å². The van der Waals surface area contributed by atoms with Crippen molar-refractivity contribution in [2.75, 3.05) is 0 Å². The van der Waals surface area contributed by atoms with Gasteiger partial charge in [0, 0.05) is 12.2 Å². The number of carbonyl (C=O) groups is 2. The number of hydrogen-bond donors (Lipinski definition) is 1. The number of carboxylic acids is 1. The summed E-state index contributed by atoms with van der Waals surface area (Å²) in [7, 11) is 0. The summed E-state index contributed by atoms with van der Waals surface area (Å²) in [5.74, 6) is 1.29. The summed E-state index contributed by atoms with van der Waals surface area (Å²) in [6, 6.07) is 0. The fraction of sp³-hybridized carbons (Fsp3) is 0.625. The number of allylic oxidation sites excluding steroid dienone is 2. The zero-order chi connectivity index (χ0) is 14.1. The van der Waals surface area contributed by atoms with Crippen LogP contribution in [0.4, 0.5) is 0 Å². The molecule has 5 atom stereocenters. The molecule has 0 aromatic heterocycles. The molecule has 4 heteroatoms. The standard InChI is InChI=1S/C16H20O4/c17-15(18)6-7-16(19)20-12-5-4-11-8-10-2-1-3-13(10)14(11)9-12/h1-2,6-7,10-14H,3-5,8-9H2,(H,17,18)/b7-6-/t10?,11-,12?,13?,14?/m1/s1. The zero-order valence-corrected chi connectivity index (χ0v) is 11.4. The Morgan fingerprint density at radius 1 is 1.15 bits per heavy atom. The third kappa shape index (κ3) is 2.65. The molecule has 2 saturated carbocycles. The lowest BCUT2D eigenvalue weighted by Gasteiger charge is -2.33. The third-order valence-electron chi connectivity index (χ3n) is 5.11. The highest BCUT2D eigenvalue weighted by Gasteiger charge is 2.46. The summed E-state index contributed by atoms with van der Waals surface area (Å²) in [5.41, 5.74) is 0. The summed E-state index contributed by atoms with van der Waals surface area (Å²) < 4.78 is 5.39. The second-order valence-electron chi connectivity index (χ2n) is 6.19. The van der Waals surface area contributed by atoms with Crippen molar-refractivity contribution >= 4 is 11.9 Å². The molecule has 0 amide bonds. The maximum Gasteiger partial charge on any atom is 0.331 e. The number of esters is 1. The SMILES string of the molecule is O=C(O)/C=C\C(=O)OC1CC[C@@H]2CC3C=CCC3C2C1. The monoisotopic (exact) mass is 276 g/mol. The quantitative estimate of drug-likeness (QED) is 0.489. The fourth-order valence-electron chi connectivity index (χ4n) is 4.32. The lowest BCUT2D eigenvalue weighted by atomic mass is 9.76. The first-order valence-electron chi connectivity index (χ1n) is 7.42. The Morgan fingerprint density at radius 3 is 2.80 bits per heavy atom. The molecule has 4 nitrogen and oxygen atoms in total. The van der Waals surface area contributed by atoms with Gasteiger partial charge in [0.15, 0.2) is 0 Å². The van der Waals surface area contributed by atoms with Gasteiger partial charge in [0.25, 0.3) is 0 Å². The molecule has 2 fully saturated rings. The second-order valence-corrected chi connectivity index (χ2v) is 6.19. The third-order valence-corrected chi connectivity index (χ3v) is 5.11. The van der Waals surface area contributed by atoms with Crippen LogP contribution in [0, 0.1) is 23.7 Å². The van der Waals surface area contributed by atoms with Crippen LogP contribution in [0.15, 0.2) is 24.3 Å². The molecule has 0 aromatic rings.